The molecule has 0 aromatic heterocycles. The van der Waals surface area contributed by atoms with Crippen LogP contribution in [0.25, 0.3) is 10.8 Å². The van der Waals surface area contributed by atoms with Crippen LogP contribution in [0.5, 0.6) is 0 Å². The van der Waals surface area contributed by atoms with Gasteiger partial charge in [-0.1, -0.05) is 54.6 Å². The highest BCUT2D eigenvalue weighted by Crippen LogP contribution is 2.18. The van der Waals surface area contributed by atoms with Gasteiger partial charge in [0.1, 0.15) is 6.04 Å². The van der Waals surface area contributed by atoms with Gasteiger partial charge in [-0.2, -0.15) is 0 Å². The summed E-state index contributed by atoms with van der Waals surface area (Å²) in [5.41, 5.74) is 0.873. The summed E-state index contributed by atoms with van der Waals surface area (Å²) in [5, 5.41) is 16.1. The Morgan fingerprint density at radius 1 is 1.08 bits per heavy atom. The van der Waals surface area contributed by atoms with Crippen LogP contribution in [0.15, 0.2) is 54.6 Å². The van der Waals surface area contributed by atoms with E-state index in [0.29, 0.717) is 0 Å². The lowest BCUT2D eigenvalue weighted by molar-refractivity contribution is -0.141. The van der Waals surface area contributed by atoms with E-state index in [4.69, 9.17) is 5.11 Å². The van der Waals surface area contributed by atoms with Gasteiger partial charge >= 0.3 is 5.97 Å². The highest BCUT2D eigenvalue weighted by atomic mass is 16.4. The molecule has 6 nitrogen and oxygen atoms in total. The summed E-state index contributed by atoms with van der Waals surface area (Å²) in [5.74, 6) is -1.94. The molecule has 0 aliphatic heterocycles. The molecule has 2 aromatic rings. The van der Waals surface area contributed by atoms with Crippen molar-refractivity contribution in [1.29, 1.82) is 0 Å². The molecule has 0 fully saturated rings. The van der Waals surface area contributed by atoms with Crippen LogP contribution in [-0.4, -0.2) is 35.5 Å². The number of amides is 2. The van der Waals surface area contributed by atoms with E-state index < -0.39 is 17.9 Å². The molecule has 0 saturated carbocycles. The Morgan fingerprint density at radius 2 is 1.81 bits per heavy atom. The lowest BCUT2D eigenvalue weighted by Crippen LogP contribution is -2.45. The van der Waals surface area contributed by atoms with E-state index in [1.807, 2.05) is 42.5 Å². The maximum Gasteiger partial charge on any atom is 0.326 e. The summed E-state index contributed by atoms with van der Waals surface area (Å²) in [6.07, 6.45) is 3.73. The van der Waals surface area contributed by atoms with E-state index >= 15 is 0 Å². The molecular weight excluding hydrogens is 332 g/mol. The summed E-state index contributed by atoms with van der Waals surface area (Å²) >= 11 is 0. The number of aliphatic carboxylic acids is 1. The molecule has 0 spiro atoms. The Kier molecular flexibility index (Phi) is 6.91. The molecule has 6 heteroatoms. The largest absolute Gasteiger partial charge is 0.480 e. The van der Waals surface area contributed by atoms with Crippen molar-refractivity contribution in [3.63, 3.8) is 0 Å². The summed E-state index contributed by atoms with van der Waals surface area (Å²) in [4.78, 5) is 35.1. The monoisotopic (exact) mass is 354 g/mol. The highest BCUT2D eigenvalue weighted by Gasteiger charge is 2.18. The van der Waals surface area contributed by atoms with Gasteiger partial charge in [0.15, 0.2) is 0 Å². The van der Waals surface area contributed by atoms with Crippen LogP contribution in [0.4, 0.5) is 0 Å². The van der Waals surface area contributed by atoms with Gasteiger partial charge in [0.05, 0.1) is 13.0 Å². The van der Waals surface area contributed by atoms with Gasteiger partial charge in [0, 0.05) is 0 Å². The first-order chi connectivity index (χ1) is 12.5. The second-order valence-electron chi connectivity index (χ2n) is 5.85. The van der Waals surface area contributed by atoms with E-state index in [1.165, 1.54) is 0 Å². The molecule has 2 rings (SSSR count). The number of rotatable bonds is 8. The number of carbonyl (C=O) groups excluding carboxylic acids is 2. The van der Waals surface area contributed by atoms with Crippen LogP contribution in [0, 0.1) is 0 Å². The molecule has 0 radical (unpaired) electrons. The maximum absolute atomic E-state index is 12.1. The molecule has 3 N–H and O–H groups in total. The third-order valence-electron chi connectivity index (χ3n) is 3.92. The first kappa shape index (κ1) is 19.2. The zero-order valence-corrected chi connectivity index (χ0v) is 14.6. The summed E-state index contributed by atoms with van der Waals surface area (Å²) in [6.45, 7) is 1.51. The Hall–Kier alpha value is -3.15. The number of nitrogens with one attached hydrogen (secondary N) is 2. The summed E-state index contributed by atoms with van der Waals surface area (Å²) in [6, 6.07) is 12.5. The summed E-state index contributed by atoms with van der Waals surface area (Å²) < 4.78 is 0. The van der Waals surface area contributed by atoms with Crippen molar-refractivity contribution >= 4 is 28.6 Å². The standard InChI is InChI=1S/C20H22N2O4/c1-2-3-11-17(20(25)26)22-19(24)13-21-18(23)12-15-9-6-8-14-7-4-5-10-16(14)15/h2-10,17H,11-13H2,1H3,(H,21,23)(H,22,24)(H,25,26)/b3-2+. The van der Waals surface area contributed by atoms with Gasteiger partial charge in [-0.3, -0.25) is 9.59 Å². The van der Waals surface area contributed by atoms with Gasteiger partial charge in [0.25, 0.3) is 0 Å². The quantitative estimate of drug-likeness (QED) is 0.632. The van der Waals surface area contributed by atoms with Crippen LogP contribution in [0.1, 0.15) is 18.9 Å². The normalized spacial score (nSPS) is 12.0. The Labute approximate surface area is 151 Å². The average Bonchev–Trinajstić information content (AvgIpc) is 2.63. The molecule has 0 aliphatic carbocycles. The fraction of sp³-hybridized carbons (Fsp3) is 0.250. The van der Waals surface area contributed by atoms with Crippen molar-refractivity contribution in [2.45, 2.75) is 25.8 Å². The molecule has 0 heterocycles. The van der Waals surface area contributed by atoms with Crippen molar-refractivity contribution in [3.8, 4) is 0 Å². The molecule has 2 amide bonds. The third kappa shape index (κ3) is 5.44. The Bertz CT molecular complexity index is 824. The molecule has 2 aromatic carbocycles. The molecule has 0 saturated heterocycles. The van der Waals surface area contributed by atoms with E-state index in [1.54, 1.807) is 19.1 Å². The topological polar surface area (TPSA) is 95.5 Å². The van der Waals surface area contributed by atoms with Crippen LogP contribution in [-0.2, 0) is 20.8 Å². The SMILES string of the molecule is C/C=C/CC(NC(=O)CNC(=O)Cc1cccc2ccccc12)C(=O)O. The smallest absolute Gasteiger partial charge is 0.326 e. The van der Waals surface area contributed by atoms with Crippen LogP contribution in [0.2, 0.25) is 0 Å². The second kappa shape index (κ2) is 9.36. The van der Waals surface area contributed by atoms with Gasteiger partial charge < -0.3 is 15.7 Å². The third-order valence-corrected chi connectivity index (χ3v) is 3.92. The van der Waals surface area contributed by atoms with Crippen molar-refractivity contribution in [3.05, 3.63) is 60.2 Å². The summed E-state index contributed by atoms with van der Waals surface area (Å²) in [7, 11) is 0. The van der Waals surface area contributed by atoms with E-state index in [9.17, 15) is 14.4 Å². The predicted molar refractivity (Wildman–Crippen MR) is 99.7 cm³/mol. The van der Waals surface area contributed by atoms with Gasteiger partial charge in [-0.25, -0.2) is 4.79 Å². The van der Waals surface area contributed by atoms with E-state index in [0.717, 1.165) is 16.3 Å². The molecule has 0 bridgehead atoms. The average molecular weight is 354 g/mol. The first-order valence-corrected chi connectivity index (χ1v) is 8.38. The molecule has 1 atom stereocenters. The predicted octanol–water partition coefficient (Wildman–Crippen LogP) is 2.03. The van der Waals surface area contributed by atoms with Crippen molar-refractivity contribution in [2.24, 2.45) is 0 Å². The first-order valence-electron chi connectivity index (χ1n) is 8.38. The van der Waals surface area contributed by atoms with Crippen molar-refractivity contribution in [2.75, 3.05) is 6.54 Å². The number of fused-ring (bicyclic) bond motifs is 1. The lowest BCUT2D eigenvalue weighted by atomic mass is 10.0. The number of hydrogen-bond donors (Lipinski definition) is 3. The van der Waals surface area contributed by atoms with Crippen molar-refractivity contribution in [1.82, 2.24) is 10.6 Å². The minimum atomic E-state index is -1.11. The second-order valence-corrected chi connectivity index (χ2v) is 5.85. The number of carbonyl (C=O) groups is 3. The van der Waals surface area contributed by atoms with E-state index in [-0.39, 0.29) is 25.3 Å². The van der Waals surface area contributed by atoms with Gasteiger partial charge in [-0.05, 0) is 29.7 Å². The molecule has 0 aliphatic rings. The number of hydrogen-bond acceptors (Lipinski definition) is 3. The van der Waals surface area contributed by atoms with Crippen LogP contribution < -0.4 is 10.6 Å². The zero-order valence-electron chi connectivity index (χ0n) is 14.6. The van der Waals surface area contributed by atoms with Crippen molar-refractivity contribution < 1.29 is 19.5 Å². The molecule has 1 unspecified atom stereocenters. The fourth-order valence-electron chi connectivity index (χ4n) is 2.60. The fourth-order valence-corrected chi connectivity index (χ4v) is 2.60. The van der Waals surface area contributed by atoms with Gasteiger partial charge in [-0.15, -0.1) is 0 Å². The minimum Gasteiger partial charge on any atom is -0.480 e. The maximum atomic E-state index is 12.1. The Morgan fingerprint density at radius 3 is 2.54 bits per heavy atom. The number of carboxylic acid groups (broad SMARTS) is 1. The number of allylic oxidation sites excluding steroid dienone is 1. The van der Waals surface area contributed by atoms with Crippen LogP contribution in [0.3, 0.4) is 0 Å². The van der Waals surface area contributed by atoms with E-state index in [2.05, 4.69) is 10.6 Å². The molecular formula is C20H22N2O4. The Balaban J connectivity index is 1.89. The molecule has 136 valence electrons. The highest BCUT2D eigenvalue weighted by molar-refractivity contribution is 5.92. The van der Waals surface area contributed by atoms with Gasteiger partial charge in [0.2, 0.25) is 11.8 Å². The zero-order chi connectivity index (χ0) is 18.9. The lowest BCUT2D eigenvalue weighted by Gasteiger charge is -2.13. The molecule has 26 heavy (non-hydrogen) atoms. The van der Waals surface area contributed by atoms with Crippen LogP contribution >= 0.6 is 0 Å². The minimum absolute atomic E-state index is 0.148. The number of benzene rings is 2. The number of carboxylic acids is 1.